The van der Waals surface area contributed by atoms with Gasteiger partial charge in [0.05, 0.1) is 4.92 Å². The molecule has 30 heavy (non-hydrogen) atoms. The second-order valence-electron chi connectivity index (χ2n) is 7.28. The van der Waals surface area contributed by atoms with Gasteiger partial charge in [0.25, 0.3) is 5.69 Å². The van der Waals surface area contributed by atoms with Crippen molar-refractivity contribution < 1.29 is 14.4 Å². The van der Waals surface area contributed by atoms with Crippen molar-refractivity contribution in [1.82, 2.24) is 15.1 Å². The zero-order valence-corrected chi connectivity index (χ0v) is 16.9. The Kier molecular flexibility index (Phi) is 5.99. The minimum atomic E-state index is -0.390. The number of nitro groups is 1. The Morgan fingerprint density at radius 2 is 1.77 bits per heavy atom. The number of rotatable bonds is 5. The first-order valence-corrected chi connectivity index (χ1v) is 9.92. The number of hydrogen-bond donors (Lipinski definition) is 1. The van der Waals surface area contributed by atoms with Gasteiger partial charge in [0.2, 0.25) is 6.79 Å². The van der Waals surface area contributed by atoms with Crippen molar-refractivity contribution in [2.24, 2.45) is 4.99 Å². The topological polar surface area (TPSA) is 92.5 Å². The molecule has 1 N–H and O–H groups in total. The predicted octanol–water partition coefficient (Wildman–Crippen LogP) is 2.22. The number of nitrogens with zero attached hydrogens (tertiary/aromatic N) is 4. The zero-order valence-electron chi connectivity index (χ0n) is 16.9. The smallest absolute Gasteiger partial charge is 0.269 e. The van der Waals surface area contributed by atoms with Gasteiger partial charge in [-0.25, -0.2) is 0 Å². The molecule has 0 unspecified atom stereocenters. The van der Waals surface area contributed by atoms with Crippen molar-refractivity contribution >= 4 is 11.6 Å². The summed E-state index contributed by atoms with van der Waals surface area (Å²) in [6.45, 7) is 5.37. The third-order valence-corrected chi connectivity index (χ3v) is 5.32. The number of nitro benzene ring substituents is 1. The molecule has 9 heteroatoms. The zero-order chi connectivity index (χ0) is 20.9. The third-order valence-electron chi connectivity index (χ3n) is 5.32. The van der Waals surface area contributed by atoms with E-state index >= 15 is 0 Å². The van der Waals surface area contributed by atoms with Gasteiger partial charge in [-0.05, 0) is 23.3 Å². The molecule has 0 aliphatic carbocycles. The lowest BCUT2D eigenvalue weighted by molar-refractivity contribution is -0.384. The maximum Gasteiger partial charge on any atom is 0.269 e. The van der Waals surface area contributed by atoms with E-state index in [-0.39, 0.29) is 10.6 Å². The average Bonchev–Trinajstić information content (AvgIpc) is 3.23. The standard InChI is InChI=1S/C21H25N5O4/c1-22-21(23-13-16-2-5-18(6-3-16)26(27)28)25-10-8-24(9-11-25)14-17-4-7-19-20(12-17)30-15-29-19/h2-7,12H,8-11,13-15H2,1H3,(H,22,23). The molecule has 0 atom stereocenters. The second kappa shape index (κ2) is 9.00. The first-order valence-electron chi connectivity index (χ1n) is 9.92. The van der Waals surface area contributed by atoms with Crippen LogP contribution in [0.3, 0.4) is 0 Å². The van der Waals surface area contributed by atoms with Gasteiger partial charge in [0, 0.05) is 58.4 Å². The first-order chi connectivity index (χ1) is 14.6. The second-order valence-corrected chi connectivity index (χ2v) is 7.28. The van der Waals surface area contributed by atoms with Gasteiger partial charge in [-0.15, -0.1) is 0 Å². The van der Waals surface area contributed by atoms with Crippen LogP contribution in [0.4, 0.5) is 5.69 Å². The van der Waals surface area contributed by atoms with Gasteiger partial charge >= 0.3 is 0 Å². The van der Waals surface area contributed by atoms with Gasteiger partial charge in [0.1, 0.15) is 0 Å². The number of aliphatic imine (C=N–C) groups is 1. The van der Waals surface area contributed by atoms with Crippen molar-refractivity contribution in [2.75, 3.05) is 40.0 Å². The van der Waals surface area contributed by atoms with E-state index < -0.39 is 0 Å². The molecule has 0 amide bonds. The Hall–Kier alpha value is -3.33. The molecule has 2 aliphatic heterocycles. The molecule has 2 heterocycles. The van der Waals surface area contributed by atoms with Gasteiger partial charge in [0.15, 0.2) is 17.5 Å². The van der Waals surface area contributed by atoms with E-state index in [1.807, 2.05) is 6.07 Å². The molecule has 4 rings (SSSR count). The largest absolute Gasteiger partial charge is 0.454 e. The fourth-order valence-corrected chi connectivity index (χ4v) is 3.66. The van der Waals surface area contributed by atoms with Crippen LogP contribution in [0.25, 0.3) is 0 Å². The van der Waals surface area contributed by atoms with Crippen LogP contribution in [0, 0.1) is 10.1 Å². The minimum Gasteiger partial charge on any atom is -0.454 e. The molecule has 158 valence electrons. The molecule has 2 aliphatic rings. The Balaban J connectivity index is 1.26. The number of non-ortho nitro benzene ring substituents is 1. The molecule has 0 saturated carbocycles. The SMILES string of the molecule is CN=C(NCc1ccc([N+](=O)[O-])cc1)N1CCN(Cc2ccc3c(c2)OCO3)CC1. The van der Waals surface area contributed by atoms with Crippen LogP contribution < -0.4 is 14.8 Å². The Morgan fingerprint density at radius 3 is 2.47 bits per heavy atom. The predicted molar refractivity (Wildman–Crippen MR) is 113 cm³/mol. The van der Waals surface area contributed by atoms with Crippen molar-refractivity contribution in [3.63, 3.8) is 0 Å². The summed E-state index contributed by atoms with van der Waals surface area (Å²) in [5.41, 5.74) is 2.29. The van der Waals surface area contributed by atoms with Crippen molar-refractivity contribution in [2.45, 2.75) is 13.1 Å². The van der Waals surface area contributed by atoms with Crippen LogP contribution in [0.15, 0.2) is 47.5 Å². The maximum atomic E-state index is 10.8. The Morgan fingerprint density at radius 1 is 1.07 bits per heavy atom. The van der Waals surface area contributed by atoms with E-state index in [4.69, 9.17) is 9.47 Å². The highest BCUT2D eigenvalue weighted by atomic mass is 16.7. The fraction of sp³-hybridized carbons (Fsp3) is 0.381. The van der Waals surface area contributed by atoms with Crippen LogP contribution >= 0.6 is 0 Å². The number of piperazine rings is 1. The normalized spacial score (nSPS) is 16.6. The lowest BCUT2D eigenvalue weighted by Crippen LogP contribution is -2.52. The molecule has 0 aromatic heterocycles. The summed E-state index contributed by atoms with van der Waals surface area (Å²) < 4.78 is 10.8. The molecule has 0 radical (unpaired) electrons. The minimum absolute atomic E-state index is 0.0988. The number of ether oxygens (including phenoxy) is 2. The quantitative estimate of drug-likeness (QED) is 0.349. The van der Waals surface area contributed by atoms with Gasteiger partial charge < -0.3 is 19.7 Å². The van der Waals surface area contributed by atoms with Crippen LogP contribution in [-0.2, 0) is 13.1 Å². The van der Waals surface area contributed by atoms with Crippen molar-refractivity contribution in [3.05, 3.63) is 63.7 Å². The molecule has 2 aromatic rings. The van der Waals surface area contributed by atoms with Crippen LogP contribution in [0.2, 0.25) is 0 Å². The summed E-state index contributed by atoms with van der Waals surface area (Å²) in [7, 11) is 1.77. The van der Waals surface area contributed by atoms with Crippen molar-refractivity contribution in [3.8, 4) is 11.5 Å². The van der Waals surface area contributed by atoms with Crippen LogP contribution in [0.1, 0.15) is 11.1 Å². The van der Waals surface area contributed by atoms with E-state index in [0.29, 0.717) is 13.3 Å². The van der Waals surface area contributed by atoms with E-state index in [0.717, 1.165) is 55.7 Å². The highest BCUT2D eigenvalue weighted by Gasteiger charge is 2.21. The average molecular weight is 411 g/mol. The third kappa shape index (κ3) is 4.62. The number of benzene rings is 2. The molecule has 1 fully saturated rings. The maximum absolute atomic E-state index is 10.8. The molecule has 0 bridgehead atoms. The van der Waals surface area contributed by atoms with Crippen LogP contribution in [0.5, 0.6) is 11.5 Å². The summed E-state index contributed by atoms with van der Waals surface area (Å²) in [5.74, 6) is 2.48. The number of nitrogens with one attached hydrogen (secondary N) is 1. The molecule has 9 nitrogen and oxygen atoms in total. The van der Waals surface area contributed by atoms with E-state index in [1.165, 1.54) is 17.7 Å². The Labute approximate surface area is 175 Å². The Bertz CT molecular complexity index is 923. The first kappa shape index (κ1) is 20.0. The van der Waals surface area contributed by atoms with Crippen LogP contribution in [-0.4, -0.2) is 60.7 Å². The highest BCUT2D eigenvalue weighted by Crippen LogP contribution is 2.32. The van der Waals surface area contributed by atoms with E-state index in [9.17, 15) is 10.1 Å². The summed E-state index contributed by atoms with van der Waals surface area (Å²) in [6.07, 6.45) is 0. The molecular formula is C21H25N5O4. The number of hydrogen-bond acceptors (Lipinski definition) is 6. The van der Waals surface area contributed by atoms with Gasteiger partial charge in [-0.2, -0.15) is 0 Å². The summed E-state index contributed by atoms with van der Waals surface area (Å²) in [5, 5.41) is 14.1. The monoisotopic (exact) mass is 411 g/mol. The lowest BCUT2D eigenvalue weighted by atomic mass is 10.1. The van der Waals surface area contributed by atoms with Crippen molar-refractivity contribution in [1.29, 1.82) is 0 Å². The summed E-state index contributed by atoms with van der Waals surface area (Å²) >= 11 is 0. The van der Waals surface area contributed by atoms with Gasteiger partial charge in [-0.3, -0.25) is 20.0 Å². The molecule has 1 saturated heterocycles. The van der Waals surface area contributed by atoms with E-state index in [1.54, 1.807) is 19.2 Å². The summed E-state index contributed by atoms with van der Waals surface area (Å²) in [4.78, 5) is 19.4. The fourth-order valence-electron chi connectivity index (χ4n) is 3.66. The van der Waals surface area contributed by atoms with Gasteiger partial charge in [-0.1, -0.05) is 18.2 Å². The number of guanidine groups is 1. The lowest BCUT2D eigenvalue weighted by Gasteiger charge is -2.36. The highest BCUT2D eigenvalue weighted by molar-refractivity contribution is 5.80. The molecular weight excluding hydrogens is 386 g/mol. The molecule has 0 spiro atoms. The van der Waals surface area contributed by atoms with E-state index in [2.05, 4.69) is 32.2 Å². The number of fused-ring (bicyclic) bond motifs is 1. The summed E-state index contributed by atoms with van der Waals surface area (Å²) in [6, 6.07) is 12.7. The molecule has 2 aromatic carbocycles.